The predicted octanol–water partition coefficient (Wildman–Crippen LogP) is 1.16. The molecule has 5 nitrogen and oxygen atoms in total. The van der Waals surface area contributed by atoms with Crippen LogP contribution in [0.25, 0.3) is 11.4 Å². The second-order valence-electron chi connectivity index (χ2n) is 3.51. The summed E-state index contributed by atoms with van der Waals surface area (Å²) in [6.07, 6.45) is 8.57. The highest BCUT2D eigenvalue weighted by Crippen LogP contribution is 2.18. The smallest absolute Gasteiger partial charge is 0.240 e. The summed E-state index contributed by atoms with van der Waals surface area (Å²) in [4.78, 5) is 8.31. The Hall–Kier alpha value is -2.19. The summed E-state index contributed by atoms with van der Waals surface area (Å²) < 4.78 is 5.10. The molecule has 2 aromatic rings. The summed E-state index contributed by atoms with van der Waals surface area (Å²) in [5.74, 6) is 3.54. The molecule has 0 amide bonds. The number of aromatic nitrogens is 3. The highest BCUT2D eigenvalue weighted by atomic mass is 16.5. The van der Waals surface area contributed by atoms with Crippen LogP contribution in [-0.2, 0) is 6.54 Å². The van der Waals surface area contributed by atoms with Gasteiger partial charge in [-0.1, -0.05) is 11.1 Å². The van der Waals surface area contributed by atoms with Gasteiger partial charge in [-0.3, -0.25) is 10.3 Å². The molecule has 0 unspecified atom stereocenters. The maximum Gasteiger partial charge on any atom is 0.240 e. The van der Waals surface area contributed by atoms with Crippen LogP contribution >= 0.6 is 0 Å². The third-order valence-electron chi connectivity index (χ3n) is 2.25. The summed E-state index contributed by atoms with van der Waals surface area (Å²) in [5.41, 5.74) is 1.93. The molecule has 0 aromatic carbocycles. The lowest BCUT2D eigenvalue weighted by atomic mass is 10.1. The van der Waals surface area contributed by atoms with Gasteiger partial charge in [0.05, 0.1) is 13.1 Å². The molecule has 0 spiro atoms. The van der Waals surface area contributed by atoms with Crippen molar-refractivity contribution in [3.8, 4) is 23.7 Å². The lowest BCUT2D eigenvalue weighted by Gasteiger charge is -1.97. The quantitative estimate of drug-likeness (QED) is 0.628. The average molecular weight is 228 g/mol. The number of hydrogen-bond acceptors (Lipinski definition) is 5. The molecule has 0 radical (unpaired) electrons. The number of rotatable bonds is 4. The molecular weight excluding hydrogens is 216 g/mol. The van der Waals surface area contributed by atoms with Crippen molar-refractivity contribution in [3.05, 3.63) is 29.9 Å². The van der Waals surface area contributed by atoms with Crippen LogP contribution in [0.1, 0.15) is 11.5 Å². The van der Waals surface area contributed by atoms with Crippen LogP contribution in [0.4, 0.5) is 0 Å². The Balaban J connectivity index is 2.14. The van der Waals surface area contributed by atoms with Crippen molar-refractivity contribution in [1.82, 2.24) is 20.4 Å². The molecule has 0 aliphatic heterocycles. The van der Waals surface area contributed by atoms with Crippen molar-refractivity contribution < 1.29 is 4.52 Å². The standard InChI is InChI=1S/C12H12N4O/c1-3-5-13-8-11-15-12(16-17-11)10-7-14-6-4-9(10)2/h1,4,6-7,13H,5,8H2,2H3. The molecule has 0 bridgehead atoms. The van der Waals surface area contributed by atoms with E-state index in [0.717, 1.165) is 11.1 Å². The Morgan fingerprint density at radius 2 is 2.41 bits per heavy atom. The van der Waals surface area contributed by atoms with E-state index in [1.54, 1.807) is 12.4 Å². The van der Waals surface area contributed by atoms with Gasteiger partial charge in [0.15, 0.2) is 0 Å². The maximum atomic E-state index is 5.12. The minimum atomic E-state index is 0.469. The highest BCUT2D eigenvalue weighted by Gasteiger charge is 2.10. The van der Waals surface area contributed by atoms with Gasteiger partial charge >= 0.3 is 0 Å². The van der Waals surface area contributed by atoms with E-state index >= 15 is 0 Å². The van der Waals surface area contributed by atoms with Crippen LogP contribution in [0.5, 0.6) is 0 Å². The van der Waals surface area contributed by atoms with E-state index in [1.807, 2.05) is 13.0 Å². The molecule has 0 aliphatic carbocycles. The zero-order chi connectivity index (χ0) is 12.1. The first-order valence-electron chi connectivity index (χ1n) is 5.19. The number of nitrogens with zero attached hydrogens (tertiary/aromatic N) is 3. The molecule has 17 heavy (non-hydrogen) atoms. The fraction of sp³-hybridized carbons (Fsp3) is 0.250. The van der Waals surface area contributed by atoms with E-state index in [9.17, 15) is 0 Å². The van der Waals surface area contributed by atoms with Gasteiger partial charge in [-0.2, -0.15) is 4.98 Å². The Morgan fingerprint density at radius 1 is 1.53 bits per heavy atom. The molecule has 0 saturated carbocycles. The summed E-state index contributed by atoms with van der Waals surface area (Å²) >= 11 is 0. The minimum absolute atomic E-state index is 0.469. The van der Waals surface area contributed by atoms with Crippen LogP contribution in [0.15, 0.2) is 23.0 Å². The topological polar surface area (TPSA) is 63.8 Å². The lowest BCUT2D eigenvalue weighted by molar-refractivity contribution is 0.370. The van der Waals surface area contributed by atoms with Gasteiger partial charge < -0.3 is 4.52 Å². The van der Waals surface area contributed by atoms with Crippen molar-refractivity contribution in [3.63, 3.8) is 0 Å². The normalized spacial score (nSPS) is 10.1. The first-order valence-corrected chi connectivity index (χ1v) is 5.19. The van der Waals surface area contributed by atoms with Crippen molar-refractivity contribution in [2.24, 2.45) is 0 Å². The van der Waals surface area contributed by atoms with Crippen LogP contribution in [0.2, 0.25) is 0 Å². The summed E-state index contributed by atoms with van der Waals surface area (Å²) in [7, 11) is 0. The van der Waals surface area contributed by atoms with Crippen molar-refractivity contribution in [1.29, 1.82) is 0 Å². The number of nitrogens with one attached hydrogen (secondary N) is 1. The first-order chi connectivity index (χ1) is 8.31. The van der Waals surface area contributed by atoms with E-state index in [0.29, 0.717) is 24.8 Å². The molecule has 0 saturated heterocycles. The first kappa shape index (κ1) is 11.3. The third-order valence-corrected chi connectivity index (χ3v) is 2.25. The lowest BCUT2D eigenvalue weighted by Crippen LogP contribution is -2.13. The van der Waals surface area contributed by atoms with Crippen molar-refractivity contribution >= 4 is 0 Å². The van der Waals surface area contributed by atoms with Crippen molar-refractivity contribution in [2.45, 2.75) is 13.5 Å². The fourth-order valence-electron chi connectivity index (χ4n) is 1.38. The fourth-order valence-corrected chi connectivity index (χ4v) is 1.38. The second kappa shape index (κ2) is 5.23. The van der Waals surface area contributed by atoms with Gasteiger partial charge in [-0.05, 0) is 18.6 Å². The Bertz CT molecular complexity index is 541. The second-order valence-corrected chi connectivity index (χ2v) is 3.51. The van der Waals surface area contributed by atoms with Gasteiger partial charge in [-0.25, -0.2) is 0 Å². The predicted molar refractivity (Wildman–Crippen MR) is 62.8 cm³/mol. The van der Waals surface area contributed by atoms with E-state index in [4.69, 9.17) is 10.9 Å². The molecule has 5 heteroatoms. The number of hydrogen-bond donors (Lipinski definition) is 1. The monoisotopic (exact) mass is 228 g/mol. The Kier molecular flexibility index (Phi) is 3.48. The Labute approximate surface area is 99.3 Å². The molecule has 0 fully saturated rings. The number of aryl methyl sites for hydroxylation is 1. The van der Waals surface area contributed by atoms with Gasteiger partial charge in [0.1, 0.15) is 0 Å². The van der Waals surface area contributed by atoms with Gasteiger partial charge in [0.2, 0.25) is 11.7 Å². The average Bonchev–Trinajstić information content (AvgIpc) is 2.79. The Morgan fingerprint density at radius 3 is 3.18 bits per heavy atom. The molecule has 0 aliphatic rings. The molecular formula is C12H12N4O. The highest BCUT2D eigenvalue weighted by molar-refractivity contribution is 5.57. The number of pyridine rings is 1. The van der Waals surface area contributed by atoms with Crippen LogP contribution in [0, 0.1) is 19.3 Å². The third kappa shape index (κ3) is 2.68. The summed E-state index contributed by atoms with van der Waals surface area (Å²) in [5, 5.41) is 6.89. The van der Waals surface area contributed by atoms with Gasteiger partial charge in [-0.15, -0.1) is 6.42 Å². The molecule has 0 atom stereocenters. The molecule has 2 aromatic heterocycles. The molecule has 1 N–H and O–H groups in total. The summed E-state index contributed by atoms with van der Waals surface area (Å²) in [6, 6.07) is 1.90. The largest absolute Gasteiger partial charge is 0.338 e. The van der Waals surface area contributed by atoms with E-state index in [2.05, 4.69) is 26.4 Å². The molecule has 86 valence electrons. The number of terminal acetylenes is 1. The maximum absolute atomic E-state index is 5.12. The zero-order valence-electron chi connectivity index (χ0n) is 9.47. The molecule has 2 heterocycles. The van der Waals surface area contributed by atoms with E-state index in [1.165, 1.54) is 0 Å². The van der Waals surface area contributed by atoms with E-state index < -0.39 is 0 Å². The van der Waals surface area contributed by atoms with Crippen molar-refractivity contribution in [2.75, 3.05) is 6.54 Å². The van der Waals surface area contributed by atoms with Gasteiger partial charge in [0.25, 0.3) is 0 Å². The van der Waals surface area contributed by atoms with Gasteiger partial charge in [0, 0.05) is 18.0 Å². The molecule has 2 rings (SSSR count). The van der Waals surface area contributed by atoms with Crippen LogP contribution < -0.4 is 5.32 Å². The minimum Gasteiger partial charge on any atom is -0.338 e. The summed E-state index contributed by atoms with van der Waals surface area (Å²) in [6.45, 7) is 2.92. The SMILES string of the molecule is C#CCNCc1nc(-c2cnccc2C)no1. The van der Waals surface area contributed by atoms with Crippen LogP contribution in [-0.4, -0.2) is 21.7 Å². The zero-order valence-corrected chi connectivity index (χ0v) is 9.47. The van der Waals surface area contributed by atoms with Crippen LogP contribution in [0.3, 0.4) is 0 Å². The van der Waals surface area contributed by atoms with E-state index in [-0.39, 0.29) is 0 Å².